The fraction of sp³-hybridized carbons (Fsp3) is 0.667. The minimum absolute atomic E-state index is 0.753. The van der Waals surface area contributed by atoms with Gasteiger partial charge in [0, 0.05) is 18.3 Å². The van der Waals surface area contributed by atoms with Crippen molar-refractivity contribution in [2.75, 3.05) is 20.6 Å². The molecule has 13 heavy (non-hydrogen) atoms. The molecule has 0 aliphatic rings. The first-order chi connectivity index (χ1) is 6.22. The van der Waals surface area contributed by atoms with E-state index in [9.17, 15) is 0 Å². The lowest BCUT2D eigenvalue weighted by molar-refractivity contribution is 0.397. The van der Waals surface area contributed by atoms with E-state index in [-0.39, 0.29) is 0 Å². The normalized spacial score (nSPS) is 11.1. The van der Waals surface area contributed by atoms with Crippen molar-refractivity contribution < 1.29 is 0 Å². The molecule has 1 aromatic heterocycles. The highest BCUT2D eigenvalue weighted by molar-refractivity contribution is 7.09. The molecule has 0 aromatic carbocycles. The van der Waals surface area contributed by atoms with Gasteiger partial charge >= 0.3 is 0 Å². The van der Waals surface area contributed by atoms with Crippen molar-refractivity contribution in [2.45, 2.75) is 19.4 Å². The van der Waals surface area contributed by atoms with Gasteiger partial charge in [0.15, 0.2) is 0 Å². The van der Waals surface area contributed by atoms with Gasteiger partial charge in [-0.2, -0.15) is 0 Å². The third-order valence-corrected chi connectivity index (χ3v) is 2.63. The van der Waals surface area contributed by atoms with Crippen LogP contribution in [0.5, 0.6) is 0 Å². The summed E-state index contributed by atoms with van der Waals surface area (Å²) in [6.45, 7) is 1.68. The van der Waals surface area contributed by atoms with Gasteiger partial charge in [0.2, 0.25) is 0 Å². The second-order valence-electron chi connectivity index (χ2n) is 3.36. The van der Waals surface area contributed by atoms with Crippen LogP contribution in [0.3, 0.4) is 0 Å². The molecule has 0 radical (unpaired) electrons. The fourth-order valence-electron chi connectivity index (χ4n) is 1.11. The molecule has 1 rings (SSSR count). The maximum absolute atomic E-state index is 5.43. The highest BCUT2D eigenvalue weighted by Crippen LogP contribution is 2.12. The summed E-state index contributed by atoms with van der Waals surface area (Å²) in [5, 5.41) is 3.34. The van der Waals surface area contributed by atoms with Crippen molar-refractivity contribution in [3.63, 3.8) is 0 Å². The molecule has 0 aliphatic heterocycles. The van der Waals surface area contributed by atoms with Gasteiger partial charge in [0.05, 0.1) is 10.7 Å². The number of thiazole rings is 1. The number of hydrogen-bond acceptors (Lipinski definition) is 4. The van der Waals surface area contributed by atoms with Crippen molar-refractivity contribution in [3.05, 3.63) is 16.1 Å². The molecule has 0 spiro atoms. The molecule has 0 atom stereocenters. The third-order valence-electron chi connectivity index (χ3n) is 1.67. The molecule has 0 aliphatic carbocycles. The van der Waals surface area contributed by atoms with Gasteiger partial charge in [-0.1, -0.05) is 0 Å². The lowest BCUT2D eigenvalue weighted by atomic mass is 10.3. The van der Waals surface area contributed by atoms with Gasteiger partial charge in [0.1, 0.15) is 0 Å². The van der Waals surface area contributed by atoms with Crippen LogP contribution in [-0.2, 0) is 13.0 Å². The molecule has 3 nitrogen and oxygen atoms in total. The molecular formula is C9H17N3S. The summed E-state index contributed by atoms with van der Waals surface area (Å²) < 4.78 is 0. The Bertz CT molecular complexity index is 245. The lowest BCUT2D eigenvalue weighted by Crippen LogP contribution is -2.10. The predicted octanol–water partition coefficient (Wildman–Crippen LogP) is 1.10. The minimum Gasteiger partial charge on any atom is -0.330 e. The number of aromatic nitrogens is 1. The maximum Gasteiger partial charge on any atom is 0.0929 e. The SMILES string of the molecule is CN(C)Cc1csc(CCCN)n1. The molecule has 74 valence electrons. The van der Waals surface area contributed by atoms with Crippen molar-refractivity contribution in [1.82, 2.24) is 9.88 Å². The maximum atomic E-state index is 5.43. The molecule has 0 unspecified atom stereocenters. The molecule has 0 saturated heterocycles. The van der Waals surface area contributed by atoms with Crippen LogP contribution in [-0.4, -0.2) is 30.5 Å². The number of nitrogens with zero attached hydrogens (tertiary/aromatic N) is 2. The number of hydrogen-bond donors (Lipinski definition) is 1. The van der Waals surface area contributed by atoms with E-state index in [0.29, 0.717) is 0 Å². The van der Waals surface area contributed by atoms with Gasteiger partial charge in [-0.15, -0.1) is 11.3 Å². The van der Waals surface area contributed by atoms with E-state index in [2.05, 4.69) is 29.4 Å². The topological polar surface area (TPSA) is 42.1 Å². The average Bonchev–Trinajstić information content (AvgIpc) is 2.48. The number of rotatable bonds is 5. The molecule has 1 heterocycles. The largest absolute Gasteiger partial charge is 0.330 e. The zero-order chi connectivity index (χ0) is 9.68. The first-order valence-corrected chi connectivity index (χ1v) is 5.38. The summed E-state index contributed by atoms with van der Waals surface area (Å²) in [5.74, 6) is 0. The lowest BCUT2D eigenvalue weighted by Gasteiger charge is -2.05. The summed E-state index contributed by atoms with van der Waals surface area (Å²) in [5.41, 5.74) is 6.60. The number of aryl methyl sites for hydroxylation is 1. The first-order valence-electron chi connectivity index (χ1n) is 4.50. The Morgan fingerprint density at radius 3 is 2.92 bits per heavy atom. The Morgan fingerprint density at radius 1 is 1.54 bits per heavy atom. The van der Waals surface area contributed by atoms with E-state index >= 15 is 0 Å². The Balaban J connectivity index is 2.44. The Hall–Kier alpha value is -0.450. The van der Waals surface area contributed by atoms with Crippen molar-refractivity contribution >= 4 is 11.3 Å². The van der Waals surface area contributed by atoms with E-state index in [4.69, 9.17) is 5.73 Å². The van der Waals surface area contributed by atoms with E-state index in [0.717, 1.165) is 25.9 Å². The smallest absolute Gasteiger partial charge is 0.0929 e. The molecule has 2 N–H and O–H groups in total. The van der Waals surface area contributed by atoms with Crippen LogP contribution in [0.15, 0.2) is 5.38 Å². The molecule has 0 amide bonds. The van der Waals surface area contributed by atoms with Crippen LogP contribution in [0.1, 0.15) is 17.1 Å². The summed E-state index contributed by atoms with van der Waals surface area (Å²) in [4.78, 5) is 6.64. The van der Waals surface area contributed by atoms with E-state index in [1.165, 1.54) is 10.7 Å². The van der Waals surface area contributed by atoms with Gasteiger partial charge in [-0.05, 0) is 27.1 Å². The fourth-order valence-corrected chi connectivity index (χ4v) is 1.95. The van der Waals surface area contributed by atoms with Gasteiger partial charge in [-0.3, -0.25) is 0 Å². The number of nitrogens with two attached hydrogens (primary N) is 1. The van der Waals surface area contributed by atoms with Crippen LogP contribution in [0, 0.1) is 0 Å². The molecular weight excluding hydrogens is 182 g/mol. The second kappa shape index (κ2) is 5.32. The van der Waals surface area contributed by atoms with Gasteiger partial charge in [0.25, 0.3) is 0 Å². The van der Waals surface area contributed by atoms with E-state index < -0.39 is 0 Å². The summed E-state index contributed by atoms with van der Waals surface area (Å²) in [7, 11) is 4.11. The summed E-state index contributed by atoms with van der Waals surface area (Å²) in [6.07, 6.45) is 2.06. The minimum atomic E-state index is 0.753. The first kappa shape index (κ1) is 10.6. The summed E-state index contributed by atoms with van der Waals surface area (Å²) >= 11 is 1.74. The van der Waals surface area contributed by atoms with Crippen molar-refractivity contribution in [2.24, 2.45) is 5.73 Å². The zero-order valence-corrected chi connectivity index (χ0v) is 9.10. The standard InChI is InChI=1S/C9H17N3S/c1-12(2)6-8-7-13-9(11-8)4-3-5-10/h7H,3-6,10H2,1-2H3. The molecule has 4 heteroatoms. The van der Waals surface area contributed by atoms with Crippen LogP contribution in [0.2, 0.25) is 0 Å². The molecule has 0 bridgehead atoms. The van der Waals surface area contributed by atoms with Crippen molar-refractivity contribution in [3.8, 4) is 0 Å². The summed E-state index contributed by atoms with van der Waals surface area (Å²) in [6, 6.07) is 0. The van der Waals surface area contributed by atoms with E-state index in [1.807, 2.05) is 0 Å². The van der Waals surface area contributed by atoms with Crippen LogP contribution in [0.25, 0.3) is 0 Å². The Morgan fingerprint density at radius 2 is 2.31 bits per heavy atom. The van der Waals surface area contributed by atoms with Crippen LogP contribution >= 0.6 is 11.3 Å². The van der Waals surface area contributed by atoms with Crippen LogP contribution in [0.4, 0.5) is 0 Å². The Kier molecular flexibility index (Phi) is 4.35. The van der Waals surface area contributed by atoms with Crippen LogP contribution < -0.4 is 5.73 Å². The highest BCUT2D eigenvalue weighted by atomic mass is 32.1. The molecule has 0 fully saturated rings. The van der Waals surface area contributed by atoms with Gasteiger partial charge < -0.3 is 10.6 Å². The van der Waals surface area contributed by atoms with Crippen molar-refractivity contribution in [1.29, 1.82) is 0 Å². The van der Waals surface area contributed by atoms with Gasteiger partial charge in [-0.25, -0.2) is 4.98 Å². The monoisotopic (exact) mass is 199 g/mol. The molecule has 0 saturated carbocycles. The zero-order valence-electron chi connectivity index (χ0n) is 8.29. The molecule has 1 aromatic rings. The highest BCUT2D eigenvalue weighted by Gasteiger charge is 2.01. The second-order valence-corrected chi connectivity index (χ2v) is 4.31. The Labute approximate surface area is 83.6 Å². The average molecular weight is 199 g/mol. The van der Waals surface area contributed by atoms with E-state index in [1.54, 1.807) is 11.3 Å². The quantitative estimate of drug-likeness (QED) is 0.772. The predicted molar refractivity (Wildman–Crippen MR) is 56.9 cm³/mol. The third kappa shape index (κ3) is 3.85.